The van der Waals surface area contributed by atoms with Gasteiger partial charge in [-0.15, -0.1) is 10.2 Å². The van der Waals surface area contributed by atoms with E-state index in [1.165, 1.54) is 25.3 Å². The van der Waals surface area contributed by atoms with Crippen molar-refractivity contribution in [1.82, 2.24) is 10.2 Å². The molecule has 0 bridgehead atoms. The van der Waals surface area contributed by atoms with Crippen molar-refractivity contribution < 1.29 is 13.9 Å². The Balaban J connectivity index is 1.36. The Kier molecular flexibility index (Phi) is 6.43. The molecule has 4 aromatic rings. The molecule has 1 amide bonds. The second-order valence-corrected chi connectivity index (χ2v) is 8.41. The van der Waals surface area contributed by atoms with Crippen LogP contribution < -0.4 is 20.6 Å². The molecule has 0 spiro atoms. The van der Waals surface area contributed by atoms with Crippen molar-refractivity contribution in [2.24, 2.45) is 0 Å². The number of nitrogens with one attached hydrogen (secondary N) is 1. The monoisotopic (exact) mass is 470 g/mol. The van der Waals surface area contributed by atoms with E-state index in [0.717, 1.165) is 24.5 Å². The molecule has 2 aromatic heterocycles. The summed E-state index contributed by atoms with van der Waals surface area (Å²) in [5.74, 6) is 0.800. The third-order valence-electron chi connectivity index (χ3n) is 6.02. The van der Waals surface area contributed by atoms with Gasteiger partial charge in [0.05, 0.1) is 12.3 Å². The van der Waals surface area contributed by atoms with Crippen LogP contribution in [0.1, 0.15) is 36.5 Å². The number of hydrogen-bond donors (Lipinski definition) is 1. The minimum Gasteiger partial charge on any atom is -0.490 e. The lowest BCUT2D eigenvalue weighted by Gasteiger charge is -2.27. The van der Waals surface area contributed by atoms with E-state index < -0.39 is 11.5 Å². The molecular formula is C27H26N4O4. The molecular weight excluding hydrogens is 444 g/mol. The van der Waals surface area contributed by atoms with E-state index in [1.807, 2.05) is 31.2 Å². The lowest BCUT2D eigenvalue weighted by atomic mass is 10.1. The Morgan fingerprint density at radius 1 is 1.03 bits per heavy atom. The lowest BCUT2D eigenvalue weighted by molar-refractivity contribution is 0.102. The number of rotatable bonds is 6. The predicted molar refractivity (Wildman–Crippen MR) is 135 cm³/mol. The highest BCUT2D eigenvalue weighted by molar-refractivity contribution is 6.05. The Morgan fingerprint density at radius 3 is 2.63 bits per heavy atom. The number of fused-ring (bicyclic) bond motifs is 1. The fourth-order valence-electron chi connectivity index (χ4n) is 4.27. The predicted octanol–water partition coefficient (Wildman–Crippen LogP) is 4.89. The van der Waals surface area contributed by atoms with E-state index in [0.29, 0.717) is 34.7 Å². The molecule has 5 rings (SSSR count). The Hall–Kier alpha value is -4.20. The first-order chi connectivity index (χ1) is 17.1. The number of carbonyl (C=O) groups is 1. The maximum absolute atomic E-state index is 12.9. The number of nitrogens with zero attached hydrogens (tertiary/aromatic N) is 3. The second-order valence-electron chi connectivity index (χ2n) is 8.41. The quantitative estimate of drug-likeness (QED) is 0.401. The fraction of sp³-hybridized carbons (Fsp3) is 0.259. The van der Waals surface area contributed by atoms with Crippen LogP contribution in [-0.2, 0) is 0 Å². The Labute approximate surface area is 202 Å². The standard InChI is InChI=1S/C27H26N4O4/c1-2-34-23-11-7-9-19-17-21(27(33)35-25(19)23)26(32)28-20-10-6-8-18(16-20)22-12-13-24(30-29-22)31-14-4-3-5-15-31/h6-13,16-17H,2-5,14-15H2,1H3,(H,28,32). The average molecular weight is 471 g/mol. The molecule has 0 aliphatic carbocycles. The van der Waals surface area contributed by atoms with Crippen molar-refractivity contribution >= 4 is 28.4 Å². The molecule has 3 heterocycles. The zero-order valence-electron chi connectivity index (χ0n) is 19.5. The van der Waals surface area contributed by atoms with E-state index in [1.54, 1.807) is 30.3 Å². The third kappa shape index (κ3) is 4.87. The summed E-state index contributed by atoms with van der Waals surface area (Å²) < 4.78 is 10.9. The summed E-state index contributed by atoms with van der Waals surface area (Å²) in [5.41, 5.74) is 1.57. The fourth-order valence-corrected chi connectivity index (χ4v) is 4.27. The number of aromatic nitrogens is 2. The molecule has 0 saturated carbocycles. The Morgan fingerprint density at radius 2 is 1.86 bits per heavy atom. The Bertz CT molecular complexity index is 1410. The van der Waals surface area contributed by atoms with Gasteiger partial charge in [-0.05, 0) is 62.6 Å². The van der Waals surface area contributed by atoms with Gasteiger partial charge < -0.3 is 19.4 Å². The van der Waals surface area contributed by atoms with Crippen LogP contribution in [0, 0.1) is 0 Å². The zero-order chi connectivity index (χ0) is 24.2. The van der Waals surface area contributed by atoms with Gasteiger partial charge in [-0.25, -0.2) is 4.79 Å². The number of hydrogen-bond acceptors (Lipinski definition) is 7. The highest BCUT2D eigenvalue weighted by Gasteiger charge is 2.17. The number of ether oxygens (including phenoxy) is 1. The highest BCUT2D eigenvalue weighted by Crippen LogP contribution is 2.26. The first-order valence-corrected chi connectivity index (χ1v) is 11.8. The van der Waals surface area contributed by atoms with E-state index in [2.05, 4.69) is 20.4 Å². The van der Waals surface area contributed by atoms with Crippen LogP contribution in [0.25, 0.3) is 22.2 Å². The van der Waals surface area contributed by atoms with Gasteiger partial charge in [0.25, 0.3) is 5.91 Å². The van der Waals surface area contributed by atoms with Gasteiger partial charge in [0.15, 0.2) is 17.2 Å². The second kappa shape index (κ2) is 9.97. The molecule has 0 atom stereocenters. The number of anilines is 2. The number of carbonyl (C=O) groups excluding carboxylic acids is 1. The molecule has 1 fully saturated rings. The average Bonchev–Trinajstić information content (AvgIpc) is 2.89. The maximum atomic E-state index is 12.9. The molecule has 0 radical (unpaired) electrons. The zero-order valence-corrected chi connectivity index (χ0v) is 19.5. The summed E-state index contributed by atoms with van der Waals surface area (Å²) in [5, 5.41) is 12.2. The van der Waals surface area contributed by atoms with Crippen LogP contribution in [-0.4, -0.2) is 35.8 Å². The topological polar surface area (TPSA) is 97.6 Å². The molecule has 1 N–H and O–H groups in total. The van der Waals surface area contributed by atoms with Crippen LogP contribution in [0.5, 0.6) is 5.75 Å². The molecule has 0 unspecified atom stereocenters. The maximum Gasteiger partial charge on any atom is 0.349 e. The van der Waals surface area contributed by atoms with Crippen molar-refractivity contribution in [2.75, 3.05) is 29.9 Å². The minimum absolute atomic E-state index is 0.0813. The van der Waals surface area contributed by atoms with Crippen molar-refractivity contribution in [1.29, 1.82) is 0 Å². The molecule has 8 heteroatoms. The van der Waals surface area contributed by atoms with Gasteiger partial charge in [-0.1, -0.05) is 24.3 Å². The smallest absolute Gasteiger partial charge is 0.349 e. The molecule has 35 heavy (non-hydrogen) atoms. The van der Waals surface area contributed by atoms with Crippen molar-refractivity contribution in [3.8, 4) is 17.0 Å². The van der Waals surface area contributed by atoms with Crippen LogP contribution in [0.2, 0.25) is 0 Å². The number of benzene rings is 2. The highest BCUT2D eigenvalue weighted by atomic mass is 16.5. The first-order valence-electron chi connectivity index (χ1n) is 11.8. The van der Waals surface area contributed by atoms with E-state index in [9.17, 15) is 9.59 Å². The van der Waals surface area contributed by atoms with Crippen LogP contribution in [0.4, 0.5) is 11.5 Å². The van der Waals surface area contributed by atoms with Crippen LogP contribution in [0.15, 0.2) is 69.9 Å². The molecule has 1 aliphatic rings. The lowest BCUT2D eigenvalue weighted by Crippen LogP contribution is -2.30. The number of piperidine rings is 1. The van der Waals surface area contributed by atoms with E-state index >= 15 is 0 Å². The first kappa shape index (κ1) is 22.6. The normalized spacial score (nSPS) is 13.6. The third-order valence-corrected chi connectivity index (χ3v) is 6.02. The summed E-state index contributed by atoms with van der Waals surface area (Å²) >= 11 is 0. The van der Waals surface area contributed by atoms with Gasteiger partial charge in [-0.3, -0.25) is 4.79 Å². The van der Waals surface area contributed by atoms with Gasteiger partial charge in [-0.2, -0.15) is 0 Å². The van der Waals surface area contributed by atoms with Crippen molar-refractivity contribution in [3.05, 3.63) is 76.6 Å². The summed E-state index contributed by atoms with van der Waals surface area (Å²) in [6, 6.07) is 18.0. The summed E-state index contributed by atoms with van der Waals surface area (Å²) in [6.45, 7) is 4.30. The minimum atomic E-state index is -0.725. The van der Waals surface area contributed by atoms with Crippen LogP contribution in [0.3, 0.4) is 0 Å². The van der Waals surface area contributed by atoms with Crippen molar-refractivity contribution in [3.63, 3.8) is 0 Å². The van der Waals surface area contributed by atoms with Gasteiger partial charge >= 0.3 is 5.63 Å². The SMILES string of the molecule is CCOc1cccc2cc(C(=O)Nc3cccc(-c4ccc(N5CCCCC5)nn4)c3)c(=O)oc12. The molecule has 8 nitrogen and oxygen atoms in total. The van der Waals surface area contributed by atoms with Gasteiger partial charge in [0.1, 0.15) is 5.56 Å². The van der Waals surface area contributed by atoms with E-state index in [4.69, 9.17) is 9.15 Å². The molecule has 1 aliphatic heterocycles. The summed E-state index contributed by atoms with van der Waals surface area (Å²) in [4.78, 5) is 27.7. The number of amides is 1. The molecule has 178 valence electrons. The molecule has 2 aromatic carbocycles. The summed E-state index contributed by atoms with van der Waals surface area (Å²) in [6.07, 6.45) is 3.61. The van der Waals surface area contributed by atoms with Gasteiger partial charge in [0.2, 0.25) is 0 Å². The largest absolute Gasteiger partial charge is 0.490 e. The molecule has 1 saturated heterocycles. The van der Waals surface area contributed by atoms with Crippen LogP contribution >= 0.6 is 0 Å². The number of para-hydroxylation sites is 1. The van der Waals surface area contributed by atoms with E-state index in [-0.39, 0.29) is 5.56 Å². The van der Waals surface area contributed by atoms with Gasteiger partial charge in [0, 0.05) is 29.7 Å². The van der Waals surface area contributed by atoms with Crippen molar-refractivity contribution in [2.45, 2.75) is 26.2 Å². The summed E-state index contributed by atoms with van der Waals surface area (Å²) in [7, 11) is 0.